The number of nitrogens with one attached hydrogen (secondary N) is 2. The number of benzene rings is 1. The fraction of sp³-hybridized carbons (Fsp3) is 0.632. The predicted molar refractivity (Wildman–Crippen MR) is 89.8 cm³/mol. The molecule has 2 N–H and O–H groups in total. The van der Waals surface area contributed by atoms with Crippen LogP contribution in [0.1, 0.15) is 50.5 Å². The summed E-state index contributed by atoms with van der Waals surface area (Å²) in [6.07, 6.45) is 7.29. The van der Waals surface area contributed by atoms with E-state index in [0.717, 1.165) is 37.9 Å². The largest absolute Gasteiger partial charge is 0.355 e. The normalized spacial score (nSPS) is 23.1. The minimum atomic E-state index is -0.198. The Morgan fingerprint density at radius 2 is 2.00 bits per heavy atom. The fourth-order valence-electron chi connectivity index (χ4n) is 4.07. The molecule has 1 aromatic carbocycles. The lowest BCUT2D eigenvalue weighted by Crippen LogP contribution is -2.39. The van der Waals surface area contributed by atoms with Gasteiger partial charge in [-0.15, -0.1) is 0 Å². The zero-order valence-corrected chi connectivity index (χ0v) is 13.7. The van der Waals surface area contributed by atoms with Gasteiger partial charge in [-0.2, -0.15) is 0 Å². The molecule has 0 radical (unpaired) electrons. The summed E-state index contributed by atoms with van der Waals surface area (Å²) in [6, 6.07) is 6.84. The Labute approximate surface area is 138 Å². The maximum Gasteiger partial charge on any atom is 0.220 e. The van der Waals surface area contributed by atoms with Crippen molar-refractivity contribution in [3.8, 4) is 0 Å². The van der Waals surface area contributed by atoms with Crippen LogP contribution in [-0.2, 0) is 10.2 Å². The van der Waals surface area contributed by atoms with E-state index in [1.807, 2.05) is 12.1 Å². The summed E-state index contributed by atoms with van der Waals surface area (Å²) in [6.45, 7) is 2.81. The van der Waals surface area contributed by atoms with Gasteiger partial charge >= 0.3 is 0 Å². The second-order valence-corrected chi connectivity index (χ2v) is 7.17. The fourth-order valence-corrected chi connectivity index (χ4v) is 4.07. The molecular formula is C19H27FN2O. The van der Waals surface area contributed by atoms with Crippen molar-refractivity contribution in [1.29, 1.82) is 0 Å². The zero-order chi connectivity index (χ0) is 16.1. The predicted octanol–water partition coefficient (Wildman–Crippen LogP) is 3.14. The maximum atomic E-state index is 13.2. The molecule has 1 heterocycles. The molecule has 4 heteroatoms. The van der Waals surface area contributed by atoms with E-state index in [-0.39, 0.29) is 17.1 Å². The molecular weight excluding hydrogens is 291 g/mol. The lowest BCUT2D eigenvalue weighted by molar-refractivity contribution is -0.121. The van der Waals surface area contributed by atoms with Gasteiger partial charge in [0.15, 0.2) is 0 Å². The number of amides is 1. The molecule has 0 spiro atoms. The van der Waals surface area contributed by atoms with Gasteiger partial charge in [0, 0.05) is 18.4 Å². The SMILES string of the molecule is O=C(CCC1CCNC1)NCC1(c2ccc(F)cc2)CCCC1. The van der Waals surface area contributed by atoms with Gasteiger partial charge in [0.25, 0.3) is 0 Å². The van der Waals surface area contributed by atoms with Crippen LogP contribution < -0.4 is 10.6 Å². The van der Waals surface area contributed by atoms with Crippen LogP contribution in [0.2, 0.25) is 0 Å². The molecule has 1 aliphatic heterocycles. The molecule has 2 fully saturated rings. The Kier molecular flexibility index (Phi) is 5.31. The van der Waals surface area contributed by atoms with Crippen molar-refractivity contribution in [2.24, 2.45) is 5.92 Å². The van der Waals surface area contributed by atoms with Gasteiger partial charge < -0.3 is 10.6 Å². The third kappa shape index (κ3) is 4.11. The van der Waals surface area contributed by atoms with Gasteiger partial charge in [0.2, 0.25) is 5.91 Å². The molecule has 1 unspecified atom stereocenters. The minimum absolute atomic E-state index is 0.00171. The van der Waals surface area contributed by atoms with E-state index in [9.17, 15) is 9.18 Å². The number of halogens is 1. The molecule has 3 rings (SSSR count). The lowest BCUT2D eigenvalue weighted by atomic mass is 9.78. The minimum Gasteiger partial charge on any atom is -0.355 e. The van der Waals surface area contributed by atoms with Crippen LogP contribution >= 0.6 is 0 Å². The zero-order valence-electron chi connectivity index (χ0n) is 13.7. The molecule has 2 aliphatic rings. The topological polar surface area (TPSA) is 41.1 Å². The summed E-state index contributed by atoms with van der Waals surface area (Å²) in [5.74, 6) is 0.611. The van der Waals surface area contributed by atoms with Gasteiger partial charge in [0.1, 0.15) is 5.82 Å². The summed E-state index contributed by atoms with van der Waals surface area (Å²) < 4.78 is 13.2. The summed E-state index contributed by atoms with van der Waals surface area (Å²) in [7, 11) is 0. The van der Waals surface area contributed by atoms with Crippen molar-refractivity contribution in [1.82, 2.24) is 10.6 Å². The van der Waals surface area contributed by atoms with E-state index >= 15 is 0 Å². The standard InChI is InChI=1S/C19H27FN2O/c20-17-6-4-16(5-7-17)19(10-1-2-11-19)14-22-18(23)8-3-15-9-12-21-13-15/h4-7,15,21H,1-3,8-14H2,(H,22,23). The highest BCUT2D eigenvalue weighted by Crippen LogP contribution is 2.40. The van der Waals surface area contributed by atoms with Crippen molar-refractivity contribution in [3.05, 3.63) is 35.6 Å². The van der Waals surface area contributed by atoms with Gasteiger partial charge in [0.05, 0.1) is 0 Å². The first-order valence-electron chi connectivity index (χ1n) is 8.91. The van der Waals surface area contributed by atoms with E-state index < -0.39 is 0 Å². The average molecular weight is 318 g/mol. The molecule has 1 saturated heterocycles. The van der Waals surface area contributed by atoms with Crippen molar-refractivity contribution in [2.45, 2.75) is 50.4 Å². The Balaban J connectivity index is 1.54. The number of carbonyl (C=O) groups excluding carboxylic acids is 1. The van der Waals surface area contributed by atoms with Crippen LogP contribution in [0.15, 0.2) is 24.3 Å². The number of hydrogen-bond donors (Lipinski definition) is 2. The van der Waals surface area contributed by atoms with Crippen molar-refractivity contribution < 1.29 is 9.18 Å². The smallest absolute Gasteiger partial charge is 0.220 e. The molecule has 1 saturated carbocycles. The first kappa shape index (κ1) is 16.4. The maximum absolute atomic E-state index is 13.2. The van der Waals surface area contributed by atoms with E-state index in [1.54, 1.807) is 0 Å². The van der Waals surface area contributed by atoms with Crippen LogP contribution in [-0.4, -0.2) is 25.5 Å². The summed E-state index contributed by atoms with van der Waals surface area (Å²) in [4.78, 5) is 12.2. The Morgan fingerprint density at radius 3 is 2.65 bits per heavy atom. The third-order valence-electron chi connectivity index (χ3n) is 5.58. The number of hydrogen-bond acceptors (Lipinski definition) is 2. The first-order chi connectivity index (χ1) is 11.2. The Morgan fingerprint density at radius 1 is 1.26 bits per heavy atom. The van der Waals surface area contributed by atoms with Crippen molar-refractivity contribution in [2.75, 3.05) is 19.6 Å². The lowest BCUT2D eigenvalue weighted by Gasteiger charge is -2.30. The van der Waals surface area contributed by atoms with Gasteiger partial charge in [-0.1, -0.05) is 25.0 Å². The third-order valence-corrected chi connectivity index (χ3v) is 5.58. The first-order valence-corrected chi connectivity index (χ1v) is 8.91. The van der Waals surface area contributed by atoms with E-state index in [0.29, 0.717) is 18.9 Å². The van der Waals surface area contributed by atoms with E-state index in [1.165, 1.54) is 31.4 Å². The summed E-state index contributed by atoms with van der Waals surface area (Å²) in [5, 5.41) is 6.49. The van der Waals surface area contributed by atoms with Crippen LogP contribution in [0.5, 0.6) is 0 Å². The molecule has 3 nitrogen and oxygen atoms in total. The Bertz CT molecular complexity index is 517. The molecule has 1 aromatic rings. The van der Waals surface area contributed by atoms with E-state index in [4.69, 9.17) is 0 Å². The van der Waals surface area contributed by atoms with Gasteiger partial charge in [-0.3, -0.25) is 4.79 Å². The van der Waals surface area contributed by atoms with Crippen molar-refractivity contribution in [3.63, 3.8) is 0 Å². The number of carbonyl (C=O) groups is 1. The van der Waals surface area contributed by atoms with Crippen molar-refractivity contribution >= 4 is 5.91 Å². The molecule has 126 valence electrons. The second kappa shape index (κ2) is 7.43. The highest BCUT2D eigenvalue weighted by Gasteiger charge is 2.35. The Hall–Kier alpha value is -1.42. The van der Waals surface area contributed by atoms with Gasteiger partial charge in [-0.25, -0.2) is 4.39 Å². The number of rotatable bonds is 6. The van der Waals surface area contributed by atoms with E-state index in [2.05, 4.69) is 10.6 Å². The second-order valence-electron chi connectivity index (χ2n) is 7.17. The van der Waals surface area contributed by atoms with Gasteiger partial charge in [-0.05, 0) is 62.4 Å². The molecule has 0 bridgehead atoms. The highest BCUT2D eigenvalue weighted by molar-refractivity contribution is 5.76. The molecule has 0 aromatic heterocycles. The molecule has 1 aliphatic carbocycles. The van der Waals surface area contributed by atoms with Crippen LogP contribution in [0.3, 0.4) is 0 Å². The van der Waals surface area contributed by atoms with Crippen LogP contribution in [0.4, 0.5) is 4.39 Å². The quantitative estimate of drug-likeness (QED) is 0.846. The molecule has 23 heavy (non-hydrogen) atoms. The highest BCUT2D eigenvalue weighted by atomic mass is 19.1. The van der Waals surface area contributed by atoms with Crippen LogP contribution in [0, 0.1) is 11.7 Å². The summed E-state index contributed by atoms with van der Waals surface area (Å²) >= 11 is 0. The monoisotopic (exact) mass is 318 g/mol. The average Bonchev–Trinajstić information content (AvgIpc) is 3.24. The van der Waals surface area contributed by atoms with Crippen LogP contribution in [0.25, 0.3) is 0 Å². The molecule has 1 atom stereocenters. The summed E-state index contributed by atoms with van der Waals surface area (Å²) in [5.41, 5.74) is 1.16. The molecule has 1 amide bonds.